The number of aromatic hydroxyl groups is 1. The van der Waals surface area contributed by atoms with Crippen molar-refractivity contribution in [2.24, 2.45) is 0 Å². The Morgan fingerprint density at radius 3 is 2.70 bits per heavy atom. The molecule has 3 N–H and O–H groups in total. The third kappa shape index (κ3) is 3.33. The molecular weight excluding hydrogens is 299 g/mol. The van der Waals surface area contributed by atoms with Gasteiger partial charge in [0.2, 0.25) is 0 Å². The van der Waals surface area contributed by atoms with Gasteiger partial charge in [0.1, 0.15) is 0 Å². The molecule has 1 aromatic rings. The van der Waals surface area contributed by atoms with Crippen LogP contribution in [0.5, 0.6) is 5.75 Å². The van der Waals surface area contributed by atoms with Crippen molar-refractivity contribution in [3.8, 4) is 5.75 Å². The summed E-state index contributed by atoms with van der Waals surface area (Å²) in [6.45, 7) is 1.99. The molecule has 1 saturated heterocycles. The predicted octanol–water partition coefficient (Wildman–Crippen LogP) is 1.64. The van der Waals surface area contributed by atoms with Gasteiger partial charge >= 0.3 is 0 Å². The van der Waals surface area contributed by atoms with Crippen LogP contribution in [-0.2, 0) is 0 Å². The fourth-order valence-corrected chi connectivity index (χ4v) is 3.73. The van der Waals surface area contributed by atoms with E-state index in [4.69, 9.17) is 0 Å². The molecule has 0 unspecified atom stereocenters. The summed E-state index contributed by atoms with van der Waals surface area (Å²) in [7, 11) is 0. The summed E-state index contributed by atoms with van der Waals surface area (Å²) in [5.74, 6) is -2.02. The summed E-state index contributed by atoms with van der Waals surface area (Å²) in [5, 5.41) is 23.1. The molecule has 0 aromatic heterocycles. The number of carbonyl (C=O) groups excluding carboxylic acids is 1. The first-order chi connectivity index (χ1) is 11.1. The van der Waals surface area contributed by atoms with Crippen LogP contribution in [0.2, 0.25) is 0 Å². The second kappa shape index (κ2) is 6.84. The van der Waals surface area contributed by atoms with Gasteiger partial charge < -0.3 is 15.5 Å². The molecule has 1 saturated carbocycles. The summed E-state index contributed by atoms with van der Waals surface area (Å²) < 4.78 is 13.4. The molecule has 3 rings (SSSR count). The van der Waals surface area contributed by atoms with Crippen LogP contribution >= 0.6 is 0 Å². The minimum absolute atomic E-state index is 0.0673. The molecule has 6 heteroatoms. The molecule has 3 atom stereocenters. The molecule has 1 amide bonds. The van der Waals surface area contributed by atoms with Crippen molar-refractivity contribution in [1.29, 1.82) is 0 Å². The van der Waals surface area contributed by atoms with Gasteiger partial charge in [-0.05, 0) is 57.3 Å². The SMILES string of the molecule is O=C(N[C@@H]1CCC[C@@H](N2CCCC2)[C@@H]1O)c1cccc(F)c1O. The van der Waals surface area contributed by atoms with E-state index in [9.17, 15) is 19.4 Å². The number of para-hydroxylation sites is 1. The van der Waals surface area contributed by atoms with E-state index in [0.29, 0.717) is 6.42 Å². The summed E-state index contributed by atoms with van der Waals surface area (Å²) in [4.78, 5) is 14.6. The van der Waals surface area contributed by atoms with Crippen LogP contribution in [0.4, 0.5) is 4.39 Å². The molecule has 126 valence electrons. The number of nitrogens with zero attached hydrogens (tertiary/aromatic N) is 1. The molecule has 2 aliphatic rings. The largest absolute Gasteiger partial charge is 0.504 e. The van der Waals surface area contributed by atoms with Crippen LogP contribution in [0.3, 0.4) is 0 Å². The number of hydrogen-bond acceptors (Lipinski definition) is 4. The number of aliphatic hydroxyl groups excluding tert-OH is 1. The summed E-state index contributed by atoms with van der Waals surface area (Å²) in [6, 6.07) is 3.56. The molecule has 2 fully saturated rings. The molecule has 1 aliphatic carbocycles. The zero-order chi connectivity index (χ0) is 16.4. The van der Waals surface area contributed by atoms with Gasteiger partial charge in [-0.15, -0.1) is 0 Å². The van der Waals surface area contributed by atoms with Gasteiger partial charge in [-0.1, -0.05) is 6.07 Å². The number of phenolic OH excluding ortho intramolecular Hbond substituents is 1. The number of phenols is 1. The van der Waals surface area contributed by atoms with Crippen molar-refractivity contribution in [2.45, 2.75) is 50.3 Å². The minimum atomic E-state index is -0.822. The molecule has 1 aliphatic heterocycles. The lowest BCUT2D eigenvalue weighted by molar-refractivity contribution is 0.00700. The first-order valence-electron chi connectivity index (χ1n) is 8.28. The fourth-order valence-electron chi connectivity index (χ4n) is 3.73. The number of aliphatic hydroxyl groups is 1. The Morgan fingerprint density at radius 1 is 1.22 bits per heavy atom. The smallest absolute Gasteiger partial charge is 0.255 e. The first kappa shape index (κ1) is 16.2. The number of halogens is 1. The Bertz CT molecular complexity index is 575. The van der Waals surface area contributed by atoms with E-state index in [2.05, 4.69) is 10.2 Å². The van der Waals surface area contributed by atoms with E-state index in [-0.39, 0.29) is 17.6 Å². The van der Waals surface area contributed by atoms with Crippen molar-refractivity contribution < 1.29 is 19.4 Å². The standard InChI is InChI=1S/C17H23FN2O3/c18-12-6-3-5-11(15(12)21)17(23)19-13-7-4-8-14(16(13)22)20-9-1-2-10-20/h3,5-6,13-14,16,21-22H,1-2,4,7-10H2,(H,19,23)/t13-,14-,16-/m1/s1. The highest BCUT2D eigenvalue weighted by atomic mass is 19.1. The molecule has 0 bridgehead atoms. The molecule has 1 aromatic carbocycles. The average molecular weight is 322 g/mol. The van der Waals surface area contributed by atoms with Crippen molar-refractivity contribution in [3.05, 3.63) is 29.6 Å². The van der Waals surface area contributed by atoms with E-state index in [1.807, 2.05) is 0 Å². The molecule has 5 nitrogen and oxygen atoms in total. The molecule has 1 heterocycles. The minimum Gasteiger partial charge on any atom is -0.504 e. The lowest BCUT2D eigenvalue weighted by Gasteiger charge is -2.40. The quantitative estimate of drug-likeness (QED) is 0.791. The third-order valence-electron chi connectivity index (χ3n) is 4.98. The highest BCUT2D eigenvalue weighted by molar-refractivity contribution is 5.97. The lowest BCUT2D eigenvalue weighted by atomic mass is 9.87. The zero-order valence-corrected chi connectivity index (χ0v) is 13.0. The Balaban J connectivity index is 1.68. The van der Waals surface area contributed by atoms with E-state index < -0.39 is 23.6 Å². The highest BCUT2D eigenvalue weighted by Crippen LogP contribution is 2.27. The van der Waals surface area contributed by atoms with Gasteiger partial charge in [-0.25, -0.2) is 4.39 Å². The van der Waals surface area contributed by atoms with Gasteiger partial charge in [0.25, 0.3) is 5.91 Å². The number of amides is 1. The van der Waals surface area contributed by atoms with Crippen LogP contribution < -0.4 is 5.32 Å². The topological polar surface area (TPSA) is 72.8 Å². The lowest BCUT2D eigenvalue weighted by Crippen LogP contribution is -2.56. The summed E-state index contributed by atoms with van der Waals surface area (Å²) in [6.07, 6.45) is 4.21. The van der Waals surface area contributed by atoms with Crippen LogP contribution in [-0.4, -0.2) is 52.3 Å². The van der Waals surface area contributed by atoms with E-state index in [1.54, 1.807) is 0 Å². The number of benzene rings is 1. The Labute approximate surface area is 135 Å². The number of rotatable bonds is 3. The van der Waals surface area contributed by atoms with Crippen molar-refractivity contribution in [3.63, 3.8) is 0 Å². The Kier molecular flexibility index (Phi) is 4.82. The van der Waals surface area contributed by atoms with Crippen molar-refractivity contribution >= 4 is 5.91 Å². The predicted molar refractivity (Wildman–Crippen MR) is 83.8 cm³/mol. The maximum atomic E-state index is 13.4. The van der Waals surface area contributed by atoms with Crippen LogP contribution in [0.15, 0.2) is 18.2 Å². The number of carbonyl (C=O) groups is 1. The van der Waals surface area contributed by atoms with Crippen LogP contribution in [0.25, 0.3) is 0 Å². The van der Waals surface area contributed by atoms with Gasteiger partial charge in [-0.2, -0.15) is 0 Å². The highest BCUT2D eigenvalue weighted by Gasteiger charge is 2.37. The van der Waals surface area contributed by atoms with Crippen LogP contribution in [0.1, 0.15) is 42.5 Å². The van der Waals surface area contributed by atoms with Gasteiger partial charge in [0.05, 0.1) is 17.7 Å². The van der Waals surface area contributed by atoms with E-state index in [0.717, 1.165) is 44.8 Å². The summed E-state index contributed by atoms with van der Waals surface area (Å²) in [5.41, 5.74) is -0.0968. The van der Waals surface area contributed by atoms with Crippen molar-refractivity contribution in [1.82, 2.24) is 10.2 Å². The fraction of sp³-hybridized carbons (Fsp3) is 0.588. The second-order valence-corrected chi connectivity index (χ2v) is 6.45. The molecule has 23 heavy (non-hydrogen) atoms. The zero-order valence-electron chi connectivity index (χ0n) is 13.0. The summed E-state index contributed by atoms with van der Waals surface area (Å²) >= 11 is 0. The van der Waals surface area contributed by atoms with Crippen molar-refractivity contribution in [2.75, 3.05) is 13.1 Å². The van der Waals surface area contributed by atoms with E-state index in [1.165, 1.54) is 12.1 Å². The third-order valence-corrected chi connectivity index (χ3v) is 4.98. The monoisotopic (exact) mass is 322 g/mol. The first-order valence-corrected chi connectivity index (χ1v) is 8.28. The molecule has 0 radical (unpaired) electrons. The number of likely N-dealkylation sites (tertiary alicyclic amines) is 1. The van der Waals surface area contributed by atoms with Gasteiger partial charge in [0.15, 0.2) is 11.6 Å². The number of hydrogen-bond donors (Lipinski definition) is 3. The van der Waals surface area contributed by atoms with Gasteiger partial charge in [0, 0.05) is 6.04 Å². The van der Waals surface area contributed by atoms with Crippen LogP contribution in [0, 0.1) is 5.82 Å². The normalized spacial score (nSPS) is 28.7. The molecule has 0 spiro atoms. The second-order valence-electron chi connectivity index (χ2n) is 6.45. The maximum Gasteiger partial charge on any atom is 0.255 e. The van der Waals surface area contributed by atoms with Gasteiger partial charge in [-0.3, -0.25) is 9.69 Å². The Hall–Kier alpha value is -1.66. The van der Waals surface area contributed by atoms with E-state index >= 15 is 0 Å². The maximum absolute atomic E-state index is 13.4. The number of nitrogens with one attached hydrogen (secondary N) is 1. The molecular formula is C17H23FN2O3. The Morgan fingerprint density at radius 2 is 1.96 bits per heavy atom. The average Bonchev–Trinajstić information content (AvgIpc) is 3.06.